The number of halogens is 5. The maximum Gasteiger partial charge on any atom is 0.133 e. The molecular weight excluding hydrogens is 296 g/mol. The van der Waals surface area contributed by atoms with Crippen LogP contribution in [0.2, 0.25) is 0 Å². The highest BCUT2D eigenvalue weighted by Crippen LogP contribution is 2.30. The van der Waals surface area contributed by atoms with Crippen molar-refractivity contribution in [3.05, 3.63) is 35.1 Å². The van der Waals surface area contributed by atoms with Crippen molar-refractivity contribution in [3.63, 3.8) is 0 Å². The first-order valence-corrected chi connectivity index (χ1v) is 6.28. The molecule has 1 saturated heterocycles. The molecule has 2 rings (SSSR count). The van der Waals surface area contributed by atoms with Crippen molar-refractivity contribution < 1.29 is 17.6 Å². The second-order valence-electron chi connectivity index (χ2n) is 4.56. The van der Waals surface area contributed by atoms with Gasteiger partial charge in [-0.15, -0.1) is 12.4 Å². The van der Waals surface area contributed by atoms with Gasteiger partial charge in [0.25, 0.3) is 0 Å². The minimum Gasteiger partial charge on any atom is -0.314 e. The third-order valence-corrected chi connectivity index (χ3v) is 3.35. The molecule has 0 saturated carbocycles. The lowest BCUT2D eigenvalue weighted by atomic mass is 10.00. The molecule has 0 radical (unpaired) electrons. The van der Waals surface area contributed by atoms with Gasteiger partial charge in [-0.25, -0.2) is 13.2 Å². The minimum absolute atomic E-state index is 0. The van der Waals surface area contributed by atoms with E-state index >= 15 is 0 Å². The van der Waals surface area contributed by atoms with Gasteiger partial charge >= 0.3 is 0 Å². The van der Waals surface area contributed by atoms with Crippen molar-refractivity contribution in [1.29, 1.82) is 0 Å². The fraction of sp³-hybridized carbons (Fsp3) is 0.538. The molecule has 0 bridgehead atoms. The number of piperazine rings is 1. The van der Waals surface area contributed by atoms with Gasteiger partial charge in [0, 0.05) is 49.9 Å². The van der Waals surface area contributed by atoms with Crippen LogP contribution in [0.1, 0.15) is 18.0 Å². The van der Waals surface area contributed by atoms with Gasteiger partial charge in [-0.05, 0) is 6.42 Å². The second kappa shape index (κ2) is 7.81. The van der Waals surface area contributed by atoms with Gasteiger partial charge in [0.05, 0.1) is 6.67 Å². The Balaban J connectivity index is 0.00000200. The van der Waals surface area contributed by atoms with Crippen LogP contribution < -0.4 is 5.32 Å². The second-order valence-corrected chi connectivity index (χ2v) is 4.56. The first kappa shape index (κ1) is 17.2. The van der Waals surface area contributed by atoms with Crippen LogP contribution in [0.3, 0.4) is 0 Å². The van der Waals surface area contributed by atoms with Gasteiger partial charge in [0.1, 0.15) is 17.5 Å². The summed E-state index contributed by atoms with van der Waals surface area (Å²) in [4.78, 5) is 1.83. The lowest BCUT2D eigenvalue weighted by molar-refractivity contribution is 0.151. The van der Waals surface area contributed by atoms with Gasteiger partial charge in [-0.2, -0.15) is 0 Å². The Labute approximate surface area is 121 Å². The van der Waals surface area contributed by atoms with Gasteiger partial charge in [0.2, 0.25) is 0 Å². The van der Waals surface area contributed by atoms with Crippen molar-refractivity contribution in [3.8, 4) is 0 Å². The average molecular weight is 313 g/mol. The highest BCUT2D eigenvalue weighted by atomic mass is 35.5. The summed E-state index contributed by atoms with van der Waals surface area (Å²) in [5.41, 5.74) is -0.235. The predicted octanol–water partition coefficient (Wildman–Crippen LogP) is 2.83. The van der Waals surface area contributed by atoms with Crippen LogP contribution in [0.4, 0.5) is 17.6 Å². The fourth-order valence-electron chi connectivity index (χ4n) is 2.48. The number of nitrogens with one attached hydrogen (secondary N) is 1. The number of nitrogens with zero attached hydrogens (tertiary/aromatic N) is 1. The molecule has 1 aliphatic rings. The van der Waals surface area contributed by atoms with Crippen LogP contribution in [0, 0.1) is 17.5 Å². The lowest BCUT2D eigenvalue weighted by Crippen LogP contribution is -2.45. The van der Waals surface area contributed by atoms with E-state index in [1.165, 1.54) is 0 Å². The average Bonchev–Trinajstić information content (AvgIpc) is 2.37. The highest BCUT2D eigenvalue weighted by molar-refractivity contribution is 5.85. The van der Waals surface area contributed by atoms with E-state index in [-0.39, 0.29) is 24.4 Å². The van der Waals surface area contributed by atoms with E-state index in [0.29, 0.717) is 38.3 Å². The van der Waals surface area contributed by atoms with Crippen LogP contribution in [0.15, 0.2) is 12.1 Å². The largest absolute Gasteiger partial charge is 0.314 e. The number of rotatable bonds is 4. The molecular formula is C13H17ClF4N2. The zero-order chi connectivity index (χ0) is 13.8. The van der Waals surface area contributed by atoms with Crippen molar-refractivity contribution in [1.82, 2.24) is 10.2 Å². The Morgan fingerprint density at radius 2 is 1.65 bits per heavy atom. The maximum absolute atomic E-state index is 13.8. The van der Waals surface area contributed by atoms with Crippen molar-refractivity contribution in [2.24, 2.45) is 0 Å². The maximum atomic E-state index is 13.8. The first-order chi connectivity index (χ1) is 9.13. The molecule has 0 aliphatic carbocycles. The Bertz CT molecular complexity index is 415. The fourth-order valence-corrected chi connectivity index (χ4v) is 2.48. The van der Waals surface area contributed by atoms with Gasteiger partial charge < -0.3 is 5.32 Å². The molecule has 1 aromatic carbocycles. The van der Waals surface area contributed by atoms with Crippen LogP contribution >= 0.6 is 12.4 Å². The Kier molecular flexibility index (Phi) is 6.71. The molecule has 20 heavy (non-hydrogen) atoms. The molecule has 0 amide bonds. The van der Waals surface area contributed by atoms with E-state index in [1.807, 2.05) is 4.90 Å². The van der Waals surface area contributed by atoms with E-state index < -0.39 is 30.2 Å². The highest BCUT2D eigenvalue weighted by Gasteiger charge is 2.27. The number of hydrogen-bond acceptors (Lipinski definition) is 2. The predicted molar refractivity (Wildman–Crippen MR) is 71.3 cm³/mol. The first-order valence-electron chi connectivity index (χ1n) is 6.28. The standard InChI is InChI=1S/C13H16F4N2.ClH/c14-2-1-12(19-5-3-18-4-6-19)13-10(16)7-9(15)8-11(13)17;/h7-8,12,18H,1-6H2;1H/t12-;/m0./s1. The van der Waals surface area contributed by atoms with Gasteiger partial charge in [-0.1, -0.05) is 0 Å². The molecule has 1 heterocycles. The molecule has 0 aromatic heterocycles. The Hall–Kier alpha value is -0.850. The number of hydrogen-bond donors (Lipinski definition) is 1. The van der Waals surface area contributed by atoms with Crippen molar-refractivity contribution in [2.45, 2.75) is 12.5 Å². The summed E-state index contributed by atoms with van der Waals surface area (Å²) in [7, 11) is 0. The molecule has 1 aromatic rings. The molecule has 1 aliphatic heterocycles. The van der Waals surface area contributed by atoms with Crippen molar-refractivity contribution in [2.75, 3.05) is 32.9 Å². The van der Waals surface area contributed by atoms with Crippen molar-refractivity contribution >= 4 is 12.4 Å². The Morgan fingerprint density at radius 1 is 1.10 bits per heavy atom. The molecule has 0 unspecified atom stereocenters. The normalized spacial score (nSPS) is 17.6. The molecule has 2 nitrogen and oxygen atoms in total. The van der Waals surface area contributed by atoms with E-state index in [4.69, 9.17) is 0 Å². The third kappa shape index (κ3) is 3.84. The molecule has 1 fully saturated rings. The smallest absolute Gasteiger partial charge is 0.133 e. The minimum atomic E-state index is -0.960. The van der Waals surface area contributed by atoms with Crippen LogP contribution in [-0.4, -0.2) is 37.8 Å². The zero-order valence-corrected chi connectivity index (χ0v) is 11.7. The van der Waals surface area contributed by atoms with E-state index in [1.54, 1.807) is 0 Å². The van der Waals surface area contributed by atoms with E-state index in [2.05, 4.69) is 5.32 Å². The van der Waals surface area contributed by atoms with E-state index in [0.717, 1.165) is 0 Å². The summed E-state index contributed by atoms with van der Waals surface area (Å²) >= 11 is 0. The summed E-state index contributed by atoms with van der Waals surface area (Å²) < 4.78 is 53.2. The van der Waals surface area contributed by atoms with E-state index in [9.17, 15) is 17.6 Å². The molecule has 1 N–H and O–H groups in total. The molecule has 7 heteroatoms. The van der Waals surface area contributed by atoms with Crippen LogP contribution in [0.25, 0.3) is 0 Å². The molecule has 0 spiro atoms. The summed E-state index contributed by atoms with van der Waals surface area (Å²) in [6.07, 6.45) is -0.000523. The van der Waals surface area contributed by atoms with Gasteiger partial charge in [-0.3, -0.25) is 9.29 Å². The number of benzene rings is 1. The van der Waals surface area contributed by atoms with Gasteiger partial charge in [0.15, 0.2) is 0 Å². The quantitative estimate of drug-likeness (QED) is 0.860. The topological polar surface area (TPSA) is 15.3 Å². The third-order valence-electron chi connectivity index (χ3n) is 3.35. The molecule has 114 valence electrons. The van der Waals surface area contributed by atoms with Crippen LogP contribution in [0.5, 0.6) is 0 Å². The monoisotopic (exact) mass is 312 g/mol. The lowest BCUT2D eigenvalue weighted by Gasteiger charge is -2.35. The summed E-state index contributed by atoms with van der Waals surface area (Å²) in [6, 6.07) is 0.602. The zero-order valence-electron chi connectivity index (χ0n) is 10.8. The number of alkyl halides is 1. The molecule has 1 atom stereocenters. The summed E-state index contributed by atoms with van der Waals surface area (Å²) in [5, 5.41) is 3.12. The summed E-state index contributed by atoms with van der Waals surface area (Å²) in [6.45, 7) is 1.87. The van der Waals surface area contributed by atoms with Crippen LogP contribution in [-0.2, 0) is 0 Å². The Morgan fingerprint density at radius 3 is 2.15 bits per heavy atom. The summed E-state index contributed by atoms with van der Waals surface area (Å²) in [5.74, 6) is -2.86. The SMILES string of the molecule is Cl.FCC[C@@H](c1c(F)cc(F)cc1F)N1CCNCC1.